The molecule has 116 valence electrons. The quantitative estimate of drug-likeness (QED) is 0.843. The summed E-state index contributed by atoms with van der Waals surface area (Å²) in [7, 11) is 0. The lowest BCUT2D eigenvalue weighted by molar-refractivity contribution is -0.125. The molecule has 1 aliphatic rings. The van der Waals surface area contributed by atoms with Crippen molar-refractivity contribution >= 4 is 11.6 Å². The summed E-state index contributed by atoms with van der Waals surface area (Å²) < 4.78 is 0. The number of nitrogens with two attached hydrogens (primary N) is 1. The maximum atomic E-state index is 11.5. The van der Waals surface area contributed by atoms with Crippen molar-refractivity contribution in [1.82, 2.24) is 5.32 Å². The third-order valence-corrected chi connectivity index (χ3v) is 4.25. The maximum absolute atomic E-state index is 11.5. The first kappa shape index (κ1) is 15.8. The average Bonchev–Trinajstić information content (AvgIpc) is 2.83. The molecule has 1 aromatic carbocycles. The van der Waals surface area contributed by atoms with Gasteiger partial charge >= 0.3 is 0 Å². The summed E-state index contributed by atoms with van der Waals surface area (Å²) in [6.07, 6.45) is 0.833. The van der Waals surface area contributed by atoms with E-state index in [-0.39, 0.29) is 5.91 Å². The Hall–Kier alpha value is -1.55. The van der Waals surface area contributed by atoms with Crippen molar-refractivity contribution < 1.29 is 4.79 Å². The summed E-state index contributed by atoms with van der Waals surface area (Å²) in [6, 6.07) is 8.59. The van der Waals surface area contributed by atoms with Crippen LogP contribution < -0.4 is 16.0 Å². The van der Waals surface area contributed by atoms with Gasteiger partial charge in [0, 0.05) is 25.3 Å². The molecule has 21 heavy (non-hydrogen) atoms. The van der Waals surface area contributed by atoms with E-state index in [1.807, 2.05) is 6.92 Å². The third kappa shape index (κ3) is 3.97. The fourth-order valence-electron chi connectivity index (χ4n) is 2.71. The lowest BCUT2D eigenvalue weighted by Gasteiger charge is -2.22. The highest BCUT2D eigenvalue weighted by Crippen LogP contribution is 2.32. The Bertz CT molecular complexity index is 483. The Morgan fingerprint density at radius 3 is 2.57 bits per heavy atom. The second-order valence-electron chi connectivity index (χ2n) is 6.79. The van der Waals surface area contributed by atoms with Crippen LogP contribution in [0.4, 0.5) is 5.69 Å². The van der Waals surface area contributed by atoms with Crippen molar-refractivity contribution in [1.29, 1.82) is 0 Å². The minimum absolute atomic E-state index is 0.195. The summed E-state index contributed by atoms with van der Waals surface area (Å²) in [4.78, 5) is 13.8. The Morgan fingerprint density at radius 1 is 1.38 bits per heavy atom. The van der Waals surface area contributed by atoms with Crippen molar-refractivity contribution in [2.75, 3.05) is 24.5 Å². The van der Waals surface area contributed by atoms with Crippen molar-refractivity contribution in [3.63, 3.8) is 0 Å². The minimum Gasteiger partial charge on any atom is -0.370 e. The van der Waals surface area contributed by atoms with Crippen LogP contribution in [0.25, 0.3) is 0 Å². The molecule has 3 N–H and O–H groups in total. The van der Waals surface area contributed by atoms with Crippen molar-refractivity contribution in [3.8, 4) is 0 Å². The van der Waals surface area contributed by atoms with Crippen LogP contribution >= 0.6 is 0 Å². The number of hydrogen-bond acceptors (Lipinski definition) is 3. The first-order valence-electron chi connectivity index (χ1n) is 7.75. The van der Waals surface area contributed by atoms with Crippen LogP contribution in [0.15, 0.2) is 24.3 Å². The molecule has 4 nitrogen and oxygen atoms in total. The first-order valence-corrected chi connectivity index (χ1v) is 7.75. The number of nitrogens with one attached hydrogen (secondary N) is 1. The molecule has 2 rings (SSSR count). The Balaban J connectivity index is 1.92. The van der Waals surface area contributed by atoms with Crippen molar-refractivity contribution in [2.24, 2.45) is 17.1 Å². The molecule has 4 heteroatoms. The normalized spacial score (nSPS) is 22.0. The van der Waals surface area contributed by atoms with Crippen molar-refractivity contribution in [2.45, 2.75) is 33.7 Å². The summed E-state index contributed by atoms with van der Waals surface area (Å²) in [5, 5.41) is 3.44. The zero-order valence-corrected chi connectivity index (χ0v) is 13.4. The van der Waals surface area contributed by atoms with E-state index in [4.69, 9.17) is 5.73 Å². The van der Waals surface area contributed by atoms with E-state index in [0.717, 1.165) is 26.1 Å². The molecule has 0 radical (unpaired) electrons. The molecule has 1 amide bonds. The molecule has 1 saturated heterocycles. The molecular weight excluding hydrogens is 262 g/mol. The highest BCUT2D eigenvalue weighted by molar-refractivity contribution is 5.82. The van der Waals surface area contributed by atoms with E-state index in [0.29, 0.717) is 12.5 Å². The minimum atomic E-state index is -0.391. The number of carbonyl (C=O) groups is 1. The van der Waals surface area contributed by atoms with Crippen LogP contribution in [-0.2, 0) is 11.3 Å². The number of rotatable bonds is 6. The molecule has 1 fully saturated rings. The molecule has 1 atom stereocenters. The van der Waals surface area contributed by atoms with Crippen LogP contribution in [0.2, 0.25) is 0 Å². The number of benzene rings is 1. The smallest absolute Gasteiger partial charge is 0.225 e. The van der Waals surface area contributed by atoms with Gasteiger partial charge in [0.1, 0.15) is 0 Å². The van der Waals surface area contributed by atoms with E-state index < -0.39 is 5.41 Å². The summed E-state index contributed by atoms with van der Waals surface area (Å²) in [5.74, 6) is 0.472. The highest BCUT2D eigenvalue weighted by Gasteiger charge is 2.38. The number of hydrogen-bond donors (Lipinski definition) is 2. The molecule has 1 heterocycles. The molecule has 1 aliphatic heterocycles. The molecular formula is C17H27N3O. The standard InChI is InChI=1S/C17H27N3O/c1-13(2)10-19-11-14-4-6-15(7-5-14)20-9-8-17(3,12-20)16(18)21/h4-7,13,19H,8-12H2,1-3H3,(H2,18,21). The van der Waals surface area contributed by atoms with Gasteiger partial charge in [0.25, 0.3) is 0 Å². The maximum Gasteiger partial charge on any atom is 0.225 e. The van der Waals surface area contributed by atoms with Crippen LogP contribution in [-0.4, -0.2) is 25.5 Å². The third-order valence-electron chi connectivity index (χ3n) is 4.25. The zero-order valence-electron chi connectivity index (χ0n) is 13.4. The molecule has 0 aromatic heterocycles. The molecule has 1 aromatic rings. The van der Waals surface area contributed by atoms with Gasteiger partial charge in [-0.15, -0.1) is 0 Å². The second kappa shape index (κ2) is 6.48. The van der Waals surface area contributed by atoms with Gasteiger partial charge in [-0.1, -0.05) is 26.0 Å². The molecule has 1 unspecified atom stereocenters. The van der Waals surface area contributed by atoms with Crippen LogP contribution in [0.1, 0.15) is 32.8 Å². The fourth-order valence-corrected chi connectivity index (χ4v) is 2.71. The summed E-state index contributed by atoms with van der Waals surface area (Å²) in [5.41, 5.74) is 7.57. The van der Waals surface area contributed by atoms with Crippen LogP contribution in [0.3, 0.4) is 0 Å². The number of carbonyl (C=O) groups excluding carboxylic acids is 1. The van der Waals surface area contributed by atoms with Gasteiger partial charge in [-0.3, -0.25) is 4.79 Å². The number of primary amides is 1. The van der Waals surface area contributed by atoms with Gasteiger partial charge in [0.15, 0.2) is 0 Å². The highest BCUT2D eigenvalue weighted by atomic mass is 16.1. The van der Waals surface area contributed by atoms with E-state index in [1.54, 1.807) is 0 Å². The Morgan fingerprint density at radius 2 is 2.05 bits per heavy atom. The van der Waals surface area contributed by atoms with E-state index >= 15 is 0 Å². The van der Waals surface area contributed by atoms with Crippen molar-refractivity contribution in [3.05, 3.63) is 29.8 Å². The number of anilines is 1. The zero-order chi connectivity index (χ0) is 15.5. The van der Waals surface area contributed by atoms with E-state index in [2.05, 4.69) is 48.3 Å². The topological polar surface area (TPSA) is 58.4 Å². The first-order chi connectivity index (χ1) is 9.90. The van der Waals surface area contributed by atoms with Gasteiger partial charge in [0.2, 0.25) is 5.91 Å². The molecule has 0 spiro atoms. The fraction of sp³-hybridized carbons (Fsp3) is 0.588. The lowest BCUT2D eigenvalue weighted by Crippen LogP contribution is -2.37. The second-order valence-corrected chi connectivity index (χ2v) is 6.79. The van der Waals surface area contributed by atoms with Gasteiger partial charge in [-0.2, -0.15) is 0 Å². The Labute approximate surface area is 127 Å². The summed E-state index contributed by atoms with van der Waals surface area (Å²) in [6.45, 7) is 9.91. The van der Waals surface area contributed by atoms with Crippen LogP contribution in [0.5, 0.6) is 0 Å². The predicted octanol–water partition coefficient (Wildman–Crippen LogP) is 2.13. The number of amides is 1. The summed E-state index contributed by atoms with van der Waals surface area (Å²) >= 11 is 0. The molecule has 0 aliphatic carbocycles. The predicted molar refractivity (Wildman–Crippen MR) is 87.1 cm³/mol. The largest absolute Gasteiger partial charge is 0.370 e. The van der Waals surface area contributed by atoms with Gasteiger partial charge in [-0.25, -0.2) is 0 Å². The van der Waals surface area contributed by atoms with Gasteiger partial charge in [0.05, 0.1) is 5.41 Å². The molecule has 0 bridgehead atoms. The SMILES string of the molecule is CC(C)CNCc1ccc(N2CCC(C)(C(N)=O)C2)cc1. The lowest BCUT2D eigenvalue weighted by atomic mass is 9.89. The number of nitrogens with zero attached hydrogens (tertiary/aromatic N) is 1. The van der Waals surface area contributed by atoms with E-state index in [1.165, 1.54) is 11.3 Å². The Kier molecular flexibility index (Phi) is 4.88. The van der Waals surface area contributed by atoms with Crippen LogP contribution in [0, 0.1) is 11.3 Å². The average molecular weight is 289 g/mol. The van der Waals surface area contributed by atoms with Gasteiger partial charge in [-0.05, 0) is 43.5 Å². The monoisotopic (exact) mass is 289 g/mol. The van der Waals surface area contributed by atoms with E-state index in [9.17, 15) is 4.79 Å². The molecule has 0 saturated carbocycles. The van der Waals surface area contributed by atoms with Gasteiger partial charge < -0.3 is 16.0 Å².